The van der Waals surface area contributed by atoms with Crippen LogP contribution in [0.1, 0.15) is 0 Å². The zero-order valence-corrected chi connectivity index (χ0v) is 19.3. The molecule has 0 N–H and O–H groups in total. The maximum absolute atomic E-state index is 13.0. The summed E-state index contributed by atoms with van der Waals surface area (Å²) in [4.78, 5) is 33.3. The van der Waals surface area contributed by atoms with Crippen LogP contribution in [-0.4, -0.2) is 88.9 Å². The molecule has 0 saturated carbocycles. The summed E-state index contributed by atoms with van der Waals surface area (Å²) >= 11 is 0. The summed E-state index contributed by atoms with van der Waals surface area (Å²) in [6, 6.07) is 13.1. The number of carbonyl (C=O) groups excluding carboxylic acids is 2. The molecule has 2 aromatic carbocycles. The van der Waals surface area contributed by atoms with Gasteiger partial charge in [0.05, 0.1) is 27.0 Å². The van der Waals surface area contributed by atoms with E-state index in [-0.39, 0.29) is 18.5 Å². The Morgan fingerprint density at radius 1 is 0.818 bits per heavy atom. The second-order valence-corrected chi connectivity index (χ2v) is 7.96. The van der Waals surface area contributed by atoms with Crippen molar-refractivity contribution in [2.75, 3.05) is 76.9 Å². The molecule has 0 aliphatic carbocycles. The summed E-state index contributed by atoms with van der Waals surface area (Å²) in [6.45, 7) is 3.79. The predicted octanol–water partition coefficient (Wildman–Crippen LogP) is 2.30. The molecule has 176 valence electrons. The van der Waals surface area contributed by atoms with Gasteiger partial charge in [0.15, 0.2) is 0 Å². The molecule has 2 aliphatic rings. The van der Waals surface area contributed by atoms with Crippen LogP contribution in [0.5, 0.6) is 17.2 Å². The Balaban J connectivity index is 1.34. The average molecular weight is 455 g/mol. The minimum atomic E-state index is -0.202. The number of urea groups is 1. The van der Waals surface area contributed by atoms with E-state index in [1.165, 1.54) is 0 Å². The highest BCUT2D eigenvalue weighted by atomic mass is 16.5. The lowest BCUT2D eigenvalue weighted by Crippen LogP contribution is -2.51. The number of rotatable bonds is 7. The van der Waals surface area contributed by atoms with Crippen molar-refractivity contribution in [3.05, 3.63) is 42.5 Å². The number of nitrogens with zero attached hydrogens (tertiary/aromatic N) is 4. The fraction of sp³-hybridized carbons (Fsp3) is 0.417. The molecule has 9 heteroatoms. The van der Waals surface area contributed by atoms with Gasteiger partial charge in [-0.25, -0.2) is 4.79 Å². The Hall–Kier alpha value is -3.62. The third-order valence-electron chi connectivity index (χ3n) is 6.17. The van der Waals surface area contributed by atoms with E-state index in [4.69, 9.17) is 14.2 Å². The summed E-state index contributed by atoms with van der Waals surface area (Å²) in [5.74, 6) is 2.02. The summed E-state index contributed by atoms with van der Waals surface area (Å²) in [6.07, 6.45) is 0. The van der Waals surface area contributed by atoms with Crippen LogP contribution in [0.15, 0.2) is 42.5 Å². The molecule has 33 heavy (non-hydrogen) atoms. The maximum Gasteiger partial charge on any atom is 0.325 e. The summed E-state index contributed by atoms with van der Waals surface area (Å²) in [5, 5.41) is 0. The van der Waals surface area contributed by atoms with E-state index in [9.17, 15) is 9.59 Å². The van der Waals surface area contributed by atoms with Crippen LogP contribution in [0.4, 0.5) is 16.2 Å². The van der Waals surface area contributed by atoms with Gasteiger partial charge in [-0.1, -0.05) is 0 Å². The Morgan fingerprint density at radius 3 is 2.12 bits per heavy atom. The number of piperazine rings is 1. The van der Waals surface area contributed by atoms with Gasteiger partial charge in [-0.05, 0) is 36.4 Å². The monoisotopic (exact) mass is 454 g/mol. The molecule has 0 spiro atoms. The molecule has 9 nitrogen and oxygen atoms in total. The lowest BCUT2D eigenvalue weighted by Gasteiger charge is -2.36. The van der Waals surface area contributed by atoms with Crippen LogP contribution in [0.2, 0.25) is 0 Å². The number of amides is 3. The SMILES string of the molecule is COc1ccc(N2CCN(C(=O)CN3CCN(c4cc(OC)ccc4OC)C3=O)CC2)cc1. The average Bonchev–Trinajstić information content (AvgIpc) is 3.23. The van der Waals surface area contributed by atoms with Crippen molar-refractivity contribution in [1.82, 2.24) is 9.80 Å². The molecule has 2 aromatic rings. The molecule has 0 aromatic heterocycles. The number of carbonyl (C=O) groups is 2. The van der Waals surface area contributed by atoms with E-state index < -0.39 is 0 Å². The highest BCUT2D eigenvalue weighted by molar-refractivity contribution is 5.98. The first-order valence-electron chi connectivity index (χ1n) is 11.0. The first-order chi connectivity index (χ1) is 16.0. The topological polar surface area (TPSA) is 74.8 Å². The second-order valence-electron chi connectivity index (χ2n) is 7.96. The predicted molar refractivity (Wildman–Crippen MR) is 126 cm³/mol. The number of hydrogen-bond donors (Lipinski definition) is 0. The second kappa shape index (κ2) is 9.89. The minimum Gasteiger partial charge on any atom is -0.497 e. The molecule has 2 aliphatic heterocycles. The lowest BCUT2D eigenvalue weighted by atomic mass is 10.2. The molecule has 0 unspecified atom stereocenters. The van der Waals surface area contributed by atoms with Crippen molar-refractivity contribution in [2.24, 2.45) is 0 Å². The van der Waals surface area contributed by atoms with Gasteiger partial charge in [-0.15, -0.1) is 0 Å². The van der Waals surface area contributed by atoms with Gasteiger partial charge in [0.25, 0.3) is 0 Å². The van der Waals surface area contributed by atoms with Gasteiger partial charge >= 0.3 is 6.03 Å². The molecule has 2 saturated heterocycles. The first-order valence-corrected chi connectivity index (χ1v) is 11.0. The minimum absolute atomic E-state index is 0.0304. The van der Waals surface area contributed by atoms with Crippen LogP contribution >= 0.6 is 0 Å². The molecule has 0 atom stereocenters. The van der Waals surface area contributed by atoms with Crippen LogP contribution in [0.3, 0.4) is 0 Å². The molecule has 0 bridgehead atoms. The number of hydrogen-bond acceptors (Lipinski definition) is 6. The van der Waals surface area contributed by atoms with E-state index >= 15 is 0 Å². The lowest BCUT2D eigenvalue weighted by molar-refractivity contribution is -0.131. The zero-order chi connectivity index (χ0) is 23.4. The number of anilines is 2. The highest BCUT2D eigenvalue weighted by Crippen LogP contribution is 2.34. The molecule has 2 heterocycles. The van der Waals surface area contributed by atoms with Gasteiger partial charge in [0.1, 0.15) is 23.8 Å². The van der Waals surface area contributed by atoms with Crippen LogP contribution in [0, 0.1) is 0 Å². The van der Waals surface area contributed by atoms with Crippen LogP contribution < -0.4 is 24.0 Å². The maximum atomic E-state index is 13.0. The Morgan fingerprint density at radius 2 is 1.48 bits per heavy atom. The highest BCUT2D eigenvalue weighted by Gasteiger charge is 2.34. The van der Waals surface area contributed by atoms with E-state index in [0.717, 1.165) is 24.5 Å². The zero-order valence-electron chi connectivity index (χ0n) is 19.3. The van der Waals surface area contributed by atoms with Crippen molar-refractivity contribution in [3.63, 3.8) is 0 Å². The number of ether oxygens (including phenoxy) is 3. The molecule has 4 rings (SSSR count). The van der Waals surface area contributed by atoms with Crippen LogP contribution in [-0.2, 0) is 4.79 Å². The number of benzene rings is 2. The van der Waals surface area contributed by atoms with Crippen molar-refractivity contribution in [2.45, 2.75) is 0 Å². The standard InChI is InChI=1S/C24H30N4O5/c1-31-19-6-4-18(5-7-19)25-10-12-26(13-11-25)23(29)17-27-14-15-28(24(27)30)21-16-20(32-2)8-9-22(21)33-3/h4-9,16H,10-15,17H2,1-3H3. The van der Waals surface area contributed by atoms with Gasteiger partial charge in [-0.3, -0.25) is 9.69 Å². The largest absolute Gasteiger partial charge is 0.497 e. The van der Waals surface area contributed by atoms with Crippen molar-refractivity contribution in [1.29, 1.82) is 0 Å². The third-order valence-corrected chi connectivity index (χ3v) is 6.17. The van der Waals surface area contributed by atoms with E-state index in [2.05, 4.69) is 4.90 Å². The molecular weight excluding hydrogens is 424 g/mol. The van der Waals surface area contributed by atoms with Gasteiger partial charge in [0.2, 0.25) is 5.91 Å². The van der Waals surface area contributed by atoms with Gasteiger partial charge in [-0.2, -0.15) is 0 Å². The fourth-order valence-electron chi connectivity index (χ4n) is 4.23. The Kier molecular flexibility index (Phi) is 6.76. The van der Waals surface area contributed by atoms with Gasteiger partial charge < -0.3 is 28.9 Å². The Bertz CT molecular complexity index is 989. The summed E-state index contributed by atoms with van der Waals surface area (Å²) in [7, 11) is 4.80. The van der Waals surface area contributed by atoms with Gasteiger partial charge in [0, 0.05) is 51.0 Å². The molecule has 2 fully saturated rings. The van der Waals surface area contributed by atoms with Crippen molar-refractivity contribution in [3.8, 4) is 17.2 Å². The quantitative estimate of drug-likeness (QED) is 0.639. The first kappa shape index (κ1) is 22.6. The summed E-state index contributed by atoms with van der Waals surface area (Å²) in [5.41, 5.74) is 1.76. The third kappa shape index (κ3) is 4.76. The smallest absolute Gasteiger partial charge is 0.325 e. The van der Waals surface area contributed by atoms with E-state index in [1.807, 2.05) is 29.2 Å². The van der Waals surface area contributed by atoms with Crippen molar-refractivity contribution >= 4 is 23.3 Å². The van der Waals surface area contributed by atoms with E-state index in [0.29, 0.717) is 43.4 Å². The number of methoxy groups -OCH3 is 3. The molecular formula is C24H30N4O5. The Labute approximate surface area is 194 Å². The van der Waals surface area contributed by atoms with Crippen LogP contribution in [0.25, 0.3) is 0 Å². The normalized spacial score (nSPS) is 16.3. The molecule has 3 amide bonds. The molecule has 0 radical (unpaired) electrons. The van der Waals surface area contributed by atoms with Crippen molar-refractivity contribution < 1.29 is 23.8 Å². The summed E-state index contributed by atoms with van der Waals surface area (Å²) < 4.78 is 15.9. The van der Waals surface area contributed by atoms with E-state index in [1.54, 1.807) is 49.3 Å². The fourth-order valence-corrected chi connectivity index (χ4v) is 4.23.